The van der Waals surface area contributed by atoms with E-state index in [1.165, 1.54) is 17.7 Å². The summed E-state index contributed by atoms with van der Waals surface area (Å²) >= 11 is 0. The molecule has 2 N–H and O–H groups in total. The van der Waals surface area contributed by atoms with E-state index in [9.17, 15) is 8.78 Å². The van der Waals surface area contributed by atoms with Crippen molar-refractivity contribution < 1.29 is 8.78 Å². The van der Waals surface area contributed by atoms with Crippen molar-refractivity contribution in [3.8, 4) is 0 Å². The van der Waals surface area contributed by atoms with Crippen molar-refractivity contribution in [1.82, 2.24) is 4.57 Å². The van der Waals surface area contributed by atoms with E-state index in [-0.39, 0.29) is 11.9 Å². The minimum Gasteiger partial charge on any atom is -0.349 e. The van der Waals surface area contributed by atoms with E-state index in [1.807, 2.05) is 17.0 Å². The third kappa shape index (κ3) is 2.40. The van der Waals surface area contributed by atoms with Gasteiger partial charge in [0.05, 0.1) is 6.54 Å². The summed E-state index contributed by atoms with van der Waals surface area (Å²) in [5.74, 6) is -0.789. The molecule has 0 bridgehead atoms. The molecule has 0 saturated heterocycles. The van der Waals surface area contributed by atoms with Crippen LogP contribution in [-0.4, -0.2) is 4.57 Å². The smallest absolute Gasteiger partial charge is 0.128 e. The highest BCUT2D eigenvalue weighted by Gasteiger charge is 2.19. The van der Waals surface area contributed by atoms with E-state index in [1.54, 1.807) is 0 Å². The van der Waals surface area contributed by atoms with Crippen LogP contribution in [0.25, 0.3) is 0 Å². The van der Waals surface area contributed by atoms with Gasteiger partial charge < -0.3 is 10.3 Å². The molecule has 1 aliphatic carbocycles. The lowest BCUT2D eigenvalue weighted by Gasteiger charge is -2.17. The molecule has 1 unspecified atom stereocenters. The molecule has 1 aromatic heterocycles. The molecule has 100 valence electrons. The van der Waals surface area contributed by atoms with Gasteiger partial charge in [-0.3, -0.25) is 0 Å². The molecule has 2 nitrogen and oxygen atoms in total. The molecular formula is C15H16F2N2. The van der Waals surface area contributed by atoms with Gasteiger partial charge in [0, 0.05) is 24.0 Å². The number of rotatable bonds is 2. The first-order valence-corrected chi connectivity index (χ1v) is 6.51. The molecule has 0 spiro atoms. The summed E-state index contributed by atoms with van der Waals surface area (Å²) < 4.78 is 28.7. The van der Waals surface area contributed by atoms with Crippen molar-refractivity contribution in [2.75, 3.05) is 0 Å². The molecule has 1 aromatic carbocycles. The molecule has 0 fully saturated rings. The third-order valence-corrected chi connectivity index (χ3v) is 3.72. The minimum atomic E-state index is -0.412. The van der Waals surface area contributed by atoms with Crippen molar-refractivity contribution in [3.05, 3.63) is 58.9 Å². The highest BCUT2D eigenvalue weighted by molar-refractivity contribution is 5.31. The molecule has 4 heteroatoms. The fourth-order valence-corrected chi connectivity index (χ4v) is 2.74. The number of aryl methyl sites for hydroxylation is 1. The van der Waals surface area contributed by atoms with E-state index in [2.05, 4.69) is 0 Å². The van der Waals surface area contributed by atoms with E-state index >= 15 is 0 Å². The fourth-order valence-electron chi connectivity index (χ4n) is 2.74. The van der Waals surface area contributed by atoms with Gasteiger partial charge in [0.2, 0.25) is 0 Å². The zero-order valence-corrected chi connectivity index (χ0v) is 10.6. The van der Waals surface area contributed by atoms with E-state index in [4.69, 9.17) is 5.73 Å². The van der Waals surface area contributed by atoms with Crippen molar-refractivity contribution in [2.45, 2.75) is 31.8 Å². The van der Waals surface area contributed by atoms with Gasteiger partial charge >= 0.3 is 0 Å². The Labute approximate surface area is 110 Å². The van der Waals surface area contributed by atoms with Crippen LogP contribution in [0, 0.1) is 11.6 Å². The summed E-state index contributed by atoms with van der Waals surface area (Å²) in [7, 11) is 0. The van der Waals surface area contributed by atoms with Gasteiger partial charge in [0.25, 0.3) is 0 Å². The zero-order chi connectivity index (χ0) is 13.4. The second-order valence-corrected chi connectivity index (χ2v) is 5.15. The highest BCUT2D eigenvalue weighted by Crippen LogP contribution is 2.29. The topological polar surface area (TPSA) is 30.9 Å². The lowest BCUT2D eigenvalue weighted by Crippen LogP contribution is -2.15. The minimum absolute atomic E-state index is 0.0716. The van der Waals surface area contributed by atoms with Gasteiger partial charge in [0.15, 0.2) is 0 Å². The predicted octanol–water partition coefficient (Wildman–Crippen LogP) is 3.15. The van der Waals surface area contributed by atoms with Gasteiger partial charge in [-0.15, -0.1) is 0 Å². The van der Waals surface area contributed by atoms with Crippen LogP contribution in [0.4, 0.5) is 8.78 Å². The van der Waals surface area contributed by atoms with Crippen molar-refractivity contribution in [3.63, 3.8) is 0 Å². The van der Waals surface area contributed by atoms with Gasteiger partial charge in [-0.05, 0) is 48.6 Å². The van der Waals surface area contributed by atoms with E-state index in [0.29, 0.717) is 12.1 Å². The SMILES string of the molecule is NC1CCCc2cn(Cc3cc(F)ccc3F)cc21. The molecule has 1 heterocycles. The monoisotopic (exact) mass is 262 g/mol. The molecule has 2 aromatic rings. The maximum absolute atomic E-state index is 13.6. The number of benzene rings is 1. The van der Waals surface area contributed by atoms with Gasteiger partial charge in [-0.2, -0.15) is 0 Å². The number of nitrogens with two attached hydrogens (primary N) is 1. The number of aromatic nitrogens is 1. The summed E-state index contributed by atoms with van der Waals surface area (Å²) in [6.45, 7) is 0.337. The summed E-state index contributed by atoms with van der Waals surface area (Å²) in [6.07, 6.45) is 7.06. The summed E-state index contributed by atoms with van der Waals surface area (Å²) in [6, 6.07) is 3.62. The van der Waals surface area contributed by atoms with Crippen LogP contribution in [0.5, 0.6) is 0 Å². The molecule has 0 radical (unpaired) electrons. The first kappa shape index (κ1) is 12.4. The Hall–Kier alpha value is -1.68. The van der Waals surface area contributed by atoms with E-state index in [0.717, 1.165) is 30.9 Å². The lowest BCUT2D eigenvalue weighted by molar-refractivity contribution is 0.572. The summed E-state index contributed by atoms with van der Waals surface area (Å²) in [5.41, 5.74) is 8.80. The molecule has 19 heavy (non-hydrogen) atoms. The average molecular weight is 262 g/mol. The number of hydrogen-bond donors (Lipinski definition) is 1. The Morgan fingerprint density at radius 2 is 2.11 bits per heavy atom. The molecule has 3 rings (SSSR count). The van der Waals surface area contributed by atoms with Crippen molar-refractivity contribution >= 4 is 0 Å². The Morgan fingerprint density at radius 3 is 2.89 bits per heavy atom. The Balaban J connectivity index is 1.89. The second-order valence-electron chi connectivity index (χ2n) is 5.15. The van der Waals surface area contributed by atoms with Crippen LogP contribution in [0.2, 0.25) is 0 Å². The van der Waals surface area contributed by atoms with E-state index < -0.39 is 5.82 Å². The van der Waals surface area contributed by atoms with Crippen LogP contribution < -0.4 is 5.73 Å². The highest BCUT2D eigenvalue weighted by atomic mass is 19.1. The maximum Gasteiger partial charge on any atom is 0.128 e. The number of hydrogen-bond acceptors (Lipinski definition) is 1. The van der Waals surface area contributed by atoms with Crippen molar-refractivity contribution in [1.29, 1.82) is 0 Å². The zero-order valence-electron chi connectivity index (χ0n) is 10.6. The average Bonchev–Trinajstić information content (AvgIpc) is 2.78. The van der Waals surface area contributed by atoms with Gasteiger partial charge in [-0.25, -0.2) is 8.78 Å². The van der Waals surface area contributed by atoms with Crippen LogP contribution in [0.15, 0.2) is 30.6 Å². The quantitative estimate of drug-likeness (QED) is 0.885. The first-order chi connectivity index (χ1) is 9.13. The van der Waals surface area contributed by atoms with Crippen LogP contribution in [0.1, 0.15) is 35.6 Å². The standard InChI is InChI=1S/C15H16F2N2/c16-12-4-5-14(17)11(6-12)8-19-7-10-2-1-3-15(18)13(10)9-19/h4-7,9,15H,1-3,8,18H2. The number of fused-ring (bicyclic) bond motifs is 1. The molecule has 1 atom stereocenters. The van der Waals surface area contributed by atoms with Crippen LogP contribution in [0.3, 0.4) is 0 Å². The third-order valence-electron chi connectivity index (χ3n) is 3.72. The first-order valence-electron chi connectivity index (χ1n) is 6.51. The predicted molar refractivity (Wildman–Crippen MR) is 69.8 cm³/mol. The largest absolute Gasteiger partial charge is 0.349 e. The van der Waals surface area contributed by atoms with Crippen LogP contribution >= 0.6 is 0 Å². The molecule has 0 aliphatic heterocycles. The molecule has 0 saturated carbocycles. The summed E-state index contributed by atoms with van der Waals surface area (Å²) in [5, 5.41) is 0. The molecule has 1 aliphatic rings. The normalized spacial score (nSPS) is 18.4. The molecule has 0 amide bonds. The second kappa shape index (κ2) is 4.78. The van der Waals surface area contributed by atoms with Crippen LogP contribution in [-0.2, 0) is 13.0 Å². The fraction of sp³-hybridized carbons (Fsp3) is 0.333. The maximum atomic E-state index is 13.6. The van der Waals surface area contributed by atoms with Crippen molar-refractivity contribution in [2.24, 2.45) is 5.73 Å². The van der Waals surface area contributed by atoms with Gasteiger partial charge in [-0.1, -0.05) is 0 Å². The Kier molecular flexibility index (Phi) is 3.11. The number of halogens is 2. The lowest BCUT2D eigenvalue weighted by atomic mass is 9.92. The summed E-state index contributed by atoms with van der Waals surface area (Å²) in [4.78, 5) is 0. The van der Waals surface area contributed by atoms with Gasteiger partial charge in [0.1, 0.15) is 11.6 Å². The Bertz CT molecular complexity index is 604. The molecular weight excluding hydrogens is 246 g/mol. The number of nitrogens with zero attached hydrogens (tertiary/aromatic N) is 1. The Morgan fingerprint density at radius 1 is 1.26 bits per heavy atom.